The number of carbonyl (C=O) groups is 1. The van der Waals surface area contributed by atoms with Crippen molar-refractivity contribution >= 4 is 181 Å². The molecule has 1 aliphatic carbocycles. The Kier molecular flexibility index (Phi) is 34.4. The summed E-state index contributed by atoms with van der Waals surface area (Å²) in [6.07, 6.45) is 13.7. The van der Waals surface area contributed by atoms with Gasteiger partial charge in [0.15, 0.2) is 53.7 Å². The number of nitrogens with zero attached hydrogens (tertiary/aromatic N) is 20. The molecule has 0 radical (unpaired) electrons. The number of nitrogens with two attached hydrogens (primary N) is 1. The fraction of sp³-hybridized carbons (Fsp3) is 0.341. The highest BCUT2D eigenvalue weighted by atomic mass is 32.2. The Bertz CT molecular complexity index is 7000. The predicted molar refractivity (Wildman–Crippen MR) is 537 cm³/mol. The second kappa shape index (κ2) is 47.2. The molecule has 13 aromatic heterocycles. The van der Waals surface area contributed by atoms with Crippen LogP contribution in [0.4, 0.5) is 17.2 Å². The molecule has 16 aromatic rings. The largest absolute Gasteiger partial charge is 0.491 e. The summed E-state index contributed by atoms with van der Waals surface area (Å²) < 4.78 is 109. The molecule has 136 heavy (non-hydrogen) atoms. The second-order valence-electron chi connectivity index (χ2n) is 30.5. The monoisotopic (exact) mass is 2030 g/mol. The molecule has 710 valence electrons. The maximum atomic E-state index is 12.7. The molecule has 0 spiro atoms. The number of pyridine rings is 1. The molecule has 3 aromatic carbocycles. The molecule has 2 fully saturated rings. The van der Waals surface area contributed by atoms with E-state index in [-0.39, 0.29) is 28.1 Å². The lowest BCUT2D eigenvalue weighted by atomic mass is 10.1. The molecular weight excluding hydrogens is 1930 g/mol. The number of rotatable bonds is 32. The van der Waals surface area contributed by atoms with E-state index in [1.165, 1.54) is 68.7 Å². The Labute approximate surface area is 815 Å². The summed E-state index contributed by atoms with van der Waals surface area (Å²) in [5.41, 5.74) is 17.0. The van der Waals surface area contributed by atoms with Gasteiger partial charge in [-0.05, 0) is 101 Å². The molecule has 19 rings (SSSR count). The molecule has 1 amide bonds. The van der Waals surface area contributed by atoms with E-state index >= 15 is 0 Å². The van der Waals surface area contributed by atoms with Crippen LogP contribution in [0.15, 0.2) is 166 Å². The van der Waals surface area contributed by atoms with Crippen LogP contribution in [0.2, 0.25) is 0 Å². The summed E-state index contributed by atoms with van der Waals surface area (Å²) in [7, 11) is 3.87. The average Bonchev–Trinajstić information content (AvgIpc) is 1.60. The molecule has 1 saturated carbocycles. The number of ether oxygens (including phenoxy) is 7. The lowest BCUT2D eigenvalue weighted by Crippen LogP contribution is -2.37. The van der Waals surface area contributed by atoms with Crippen LogP contribution in [-0.4, -0.2) is 251 Å². The Hall–Kier alpha value is -11.3. The van der Waals surface area contributed by atoms with Crippen molar-refractivity contribution in [3.05, 3.63) is 162 Å². The zero-order chi connectivity index (χ0) is 95.5. The Balaban J connectivity index is 0.000000130. The first kappa shape index (κ1) is 99.2. The maximum absolute atomic E-state index is 12.7. The smallest absolute Gasteiger partial charge is 0.318 e. The third kappa shape index (κ3) is 24.3. The van der Waals surface area contributed by atoms with Gasteiger partial charge in [-0.25, -0.2) is 59.0 Å². The molecule has 3 aliphatic rings. The number of hydrogen-bond donors (Lipinski definition) is 1. The number of carbonyl (C=O) groups excluding carboxylic acids is 1. The molecular formula is C91H97N21O14S10. The number of thiazole rings is 3. The van der Waals surface area contributed by atoms with Gasteiger partial charge in [0.05, 0.1) is 127 Å². The minimum atomic E-state index is -1.37. The average molecular weight is 2030 g/mol. The molecule has 45 heteroatoms. The number of morpholine rings is 1. The number of aromatic nitrogens is 17. The number of thiophene rings is 2. The number of aliphatic imine (C=N–C) groups is 1. The number of benzene rings is 3. The maximum Gasteiger partial charge on any atom is 0.318 e. The van der Waals surface area contributed by atoms with Gasteiger partial charge in [0.2, 0.25) is 5.95 Å². The molecule has 35 nitrogen and oxygen atoms in total. The van der Waals surface area contributed by atoms with Crippen molar-refractivity contribution in [3.8, 4) is 90.4 Å². The fourth-order valence-corrected chi connectivity index (χ4v) is 24.3. The van der Waals surface area contributed by atoms with Crippen LogP contribution in [0.25, 0.3) is 115 Å². The molecule has 5 unspecified atom stereocenters. The summed E-state index contributed by atoms with van der Waals surface area (Å²) in [6, 6.07) is 31.0. The van der Waals surface area contributed by atoms with Crippen molar-refractivity contribution in [3.63, 3.8) is 0 Å². The van der Waals surface area contributed by atoms with Gasteiger partial charge < -0.3 is 53.1 Å². The van der Waals surface area contributed by atoms with Gasteiger partial charge in [-0.3, -0.25) is 31.2 Å². The standard InChI is InChI=1S/C21H23N5O3S2.C21H22N4O3S3.C18H20N4O3S.C17H12N4OS3.C14H20N4O4S/c1-4-10-31(27)21-24-18-17(15-6-5-7-16(11-15)29-9-8-28-3)23-20(25-19(18)30-21)26-12-14(2)22-13-26;1-3-12-31(26)21-16(22)15-17(13-4-6-14(7-5-13)28-10-9-27-2)24-18(25-19(15)30-21)20-23-8-11-29-20;1-5-10-26(24)18-20-13-14(17(23)22(3)4)19-15(21-16(13)25-18)12-8-6-11(2)7-9-12;22-25(10-4-5-10)13-9-11-14(12-3-1-2-6-18-12)20-15(21-16(11)24-13)17-19-7-8-23-17;1-20-7-8-23(19)11-9-10-12(16-11)13(17-14(15-10)21-2)18-3-5-22-6-4-18/h5-7,11-13H,4,8-10H2,1-3H3;4-8,11H,3,9-10,12,22H2,1-2H3;6-9H,5,10H2,1-4H3;1-3,6-10H,4-5H2;3-9H2,1-2H3. The first-order valence-corrected chi connectivity index (χ1v) is 53.8. The third-order valence-electron chi connectivity index (χ3n) is 20.2. The molecule has 1 saturated heterocycles. The highest BCUT2D eigenvalue weighted by Gasteiger charge is 2.34. The van der Waals surface area contributed by atoms with Crippen molar-refractivity contribution in [1.29, 1.82) is 0 Å². The number of amides is 1. The second-order valence-corrected chi connectivity index (χ2v) is 43.8. The Morgan fingerprint density at radius 2 is 1.26 bits per heavy atom. The first-order valence-electron chi connectivity index (χ1n) is 43.2. The zero-order valence-corrected chi connectivity index (χ0v) is 84.3. The van der Waals surface area contributed by atoms with Crippen LogP contribution in [0.3, 0.4) is 0 Å². The van der Waals surface area contributed by atoms with Gasteiger partial charge in [-0.15, -0.1) is 45.3 Å². The van der Waals surface area contributed by atoms with Gasteiger partial charge in [-0.1, -0.05) is 80.1 Å². The molecule has 15 heterocycles. The number of imidazole rings is 1. The summed E-state index contributed by atoms with van der Waals surface area (Å²) >= 11 is 7.19. The number of methoxy groups -OCH3 is 4. The molecule has 5 atom stereocenters. The topological polar surface area (TPSA) is 436 Å². The number of nitrogen functional groups attached to an aromatic ring is 1. The highest BCUT2D eigenvalue weighted by molar-refractivity contribution is 8.00. The lowest BCUT2D eigenvalue weighted by Gasteiger charge is -2.28. The summed E-state index contributed by atoms with van der Waals surface area (Å²) in [5, 5.41) is 7.94. The SMILES string of the molecule is CCCS(=O)c1nc2c(-c3cccc(OCCOC)c3)nc(-n3cnc(C)c3)nc2s1.CCCS(=O)c1nc2c(C(=O)N(C)C)nc(-c3ccc(C)cc3)nc2o1.CCCS(=O)c1sc2nc(-c3nccs3)nc(-c3ccc(OCCOC)cc3)c2c1N.COCCS(=O)C1=Nc2c(nc(OC)nc2N2CCOCC2)C1.O=S(c1cc2c(-c3ccccn3)nc(-c3nccs3)nc2s1)C1CC1. The Morgan fingerprint density at radius 3 is 1.91 bits per heavy atom. The van der Waals surface area contributed by atoms with E-state index < -0.39 is 54.0 Å². The first-order chi connectivity index (χ1) is 66.1. The minimum absolute atomic E-state index is 0.0741. The van der Waals surface area contributed by atoms with E-state index in [0.29, 0.717) is 168 Å². The van der Waals surface area contributed by atoms with Crippen molar-refractivity contribution in [2.24, 2.45) is 4.99 Å². The molecule has 2 aliphatic heterocycles. The van der Waals surface area contributed by atoms with E-state index in [4.69, 9.17) is 63.2 Å². The van der Waals surface area contributed by atoms with E-state index in [1.807, 2.05) is 149 Å². The number of aryl methyl sites for hydroxylation is 2. The van der Waals surface area contributed by atoms with Crippen molar-refractivity contribution in [2.45, 2.75) is 96.4 Å². The van der Waals surface area contributed by atoms with Gasteiger partial charge >= 0.3 is 6.01 Å². The molecule has 0 bridgehead atoms. The van der Waals surface area contributed by atoms with Crippen LogP contribution >= 0.6 is 56.7 Å². The highest BCUT2D eigenvalue weighted by Crippen LogP contribution is 2.45. The van der Waals surface area contributed by atoms with Gasteiger partial charge in [0.25, 0.3) is 16.8 Å². The van der Waals surface area contributed by atoms with E-state index in [9.17, 15) is 25.8 Å². The normalized spacial score (nSPS) is 14.0. The van der Waals surface area contributed by atoms with Crippen LogP contribution in [-0.2, 0) is 79.4 Å². The molecule has 2 N–H and O–H groups in total. The summed E-state index contributed by atoms with van der Waals surface area (Å²) in [5.74, 6) is 5.85. The summed E-state index contributed by atoms with van der Waals surface area (Å²) in [4.78, 5) is 95.2. The zero-order valence-electron chi connectivity index (χ0n) is 76.1. The quantitative estimate of drug-likeness (QED) is 0.0383. The summed E-state index contributed by atoms with van der Waals surface area (Å²) in [6.45, 7) is 15.0. The van der Waals surface area contributed by atoms with Crippen LogP contribution < -0.4 is 24.8 Å². The van der Waals surface area contributed by atoms with E-state index in [2.05, 4.69) is 69.7 Å². The predicted octanol–water partition coefficient (Wildman–Crippen LogP) is 15.7. The minimum Gasteiger partial charge on any atom is -0.491 e. The van der Waals surface area contributed by atoms with Crippen molar-refractivity contribution in [1.82, 2.24) is 89.2 Å². The van der Waals surface area contributed by atoms with E-state index in [1.54, 1.807) is 64.9 Å². The fourth-order valence-electron chi connectivity index (χ4n) is 13.5. The van der Waals surface area contributed by atoms with Crippen molar-refractivity contribution in [2.75, 3.05) is 136 Å². The van der Waals surface area contributed by atoms with Gasteiger partial charge in [0, 0.05) is 135 Å². The lowest BCUT2D eigenvalue weighted by molar-refractivity contribution is 0.0823. The van der Waals surface area contributed by atoms with E-state index in [0.717, 1.165) is 132 Å². The third-order valence-corrected chi connectivity index (χ3v) is 33.5. The number of anilines is 2. The van der Waals surface area contributed by atoms with Crippen LogP contribution in [0, 0.1) is 13.8 Å². The number of hydrogen-bond acceptors (Lipinski definition) is 38. The Morgan fingerprint density at radius 1 is 0.581 bits per heavy atom. The van der Waals surface area contributed by atoms with Gasteiger partial charge in [-0.2, -0.15) is 24.9 Å². The van der Waals surface area contributed by atoms with Crippen molar-refractivity contribution < 1.29 is 63.4 Å². The van der Waals surface area contributed by atoms with Gasteiger partial charge in [0.1, 0.15) is 83.3 Å². The number of fused-ring (bicyclic) bond motifs is 5. The van der Waals surface area contributed by atoms with Crippen LogP contribution in [0.1, 0.15) is 80.3 Å². The number of oxazole rings is 1. The van der Waals surface area contributed by atoms with Crippen LogP contribution in [0.5, 0.6) is 17.5 Å².